The predicted octanol–water partition coefficient (Wildman–Crippen LogP) is 4.30. The van der Waals surface area contributed by atoms with Crippen molar-refractivity contribution in [3.05, 3.63) is 63.1 Å². The molecule has 2 rings (SSSR count). The van der Waals surface area contributed by atoms with Crippen LogP contribution in [0.15, 0.2) is 42.5 Å². The SMILES string of the molecule is C[C@@H]([NH2+][C@H](C)c1ccccc1Cl)C(=O)Nc1ccc(Cl)cc1Cl. The molecule has 23 heavy (non-hydrogen) atoms. The molecule has 2 atom stereocenters. The Morgan fingerprint density at radius 3 is 2.39 bits per heavy atom. The van der Waals surface area contributed by atoms with Gasteiger partial charge >= 0.3 is 0 Å². The van der Waals surface area contributed by atoms with Gasteiger partial charge in [-0.3, -0.25) is 4.79 Å². The highest BCUT2D eigenvalue weighted by Gasteiger charge is 2.22. The summed E-state index contributed by atoms with van der Waals surface area (Å²) in [5, 5.41) is 6.41. The maximum absolute atomic E-state index is 12.3. The van der Waals surface area contributed by atoms with Gasteiger partial charge in [0, 0.05) is 15.6 Å². The summed E-state index contributed by atoms with van der Waals surface area (Å²) in [7, 11) is 0. The minimum atomic E-state index is -0.298. The van der Waals surface area contributed by atoms with Gasteiger partial charge in [0.1, 0.15) is 6.04 Å². The minimum Gasteiger partial charge on any atom is -0.330 e. The lowest BCUT2D eigenvalue weighted by atomic mass is 10.1. The van der Waals surface area contributed by atoms with Gasteiger partial charge in [-0.1, -0.05) is 53.0 Å². The third-order valence-corrected chi connectivity index (χ3v) is 4.47. The summed E-state index contributed by atoms with van der Waals surface area (Å²) < 4.78 is 0. The lowest BCUT2D eigenvalue weighted by molar-refractivity contribution is -0.709. The third kappa shape index (κ3) is 4.85. The van der Waals surface area contributed by atoms with E-state index < -0.39 is 0 Å². The van der Waals surface area contributed by atoms with Crippen LogP contribution < -0.4 is 10.6 Å². The third-order valence-electron chi connectivity index (χ3n) is 3.58. The Kier molecular flexibility index (Phi) is 6.31. The molecule has 0 unspecified atom stereocenters. The van der Waals surface area contributed by atoms with E-state index in [0.29, 0.717) is 20.8 Å². The van der Waals surface area contributed by atoms with E-state index in [1.54, 1.807) is 18.2 Å². The van der Waals surface area contributed by atoms with Gasteiger partial charge in [-0.05, 0) is 38.1 Å². The lowest BCUT2D eigenvalue weighted by Crippen LogP contribution is -2.91. The number of benzene rings is 2. The fourth-order valence-corrected chi connectivity index (χ4v) is 3.07. The van der Waals surface area contributed by atoms with Gasteiger partial charge in [-0.15, -0.1) is 0 Å². The quantitative estimate of drug-likeness (QED) is 0.807. The van der Waals surface area contributed by atoms with Crippen molar-refractivity contribution in [3.8, 4) is 0 Å². The average molecular weight is 373 g/mol. The molecule has 0 aromatic heterocycles. The first-order valence-corrected chi connectivity index (χ1v) is 8.37. The van der Waals surface area contributed by atoms with Gasteiger partial charge in [0.05, 0.1) is 10.7 Å². The Hall–Kier alpha value is -1.26. The zero-order valence-electron chi connectivity index (χ0n) is 12.8. The van der Waals surface area contributed by atoms with Crippen LogP contribution in [-0.2, 0) is 4.79 Å². The first-order valence-electron chi connectivity index (χ1n) is 7.24. The van der Waals surface area contributed by atoms with Crippen LogP contribution in [-0.4, -0.2) is 11.9 Å². The summed E-state index contributed by atoms with van der Waals surface area (Å²) in [4.78, 5) is 12.3. The van der Waals surface area contributed by atoms with E-state index in [0.717, 1.165) is 5.56 Å². The summed E-state index contributed by atoms with van der Waals surface area (Å²) in [6.45, 7) is 3.85. The number of amides is 1. The number of hydrogen-bond acceptors (Lipinski definition) is 1. The van der Waals surface area contributed by atoms with Gasteiger partial charge in [0.15, 0.2) is 6.04 Å². The molecule has 3 nitrogen and oxygen atoms in total. The van der Waals surface area contributed by atoms with Gasteiger partial charge < -0.3 is 10.6 Å². The second-order valence-electron chi connectivity index (χ2n) is 5.40. The second-order valence-corrected chi connectivity index (χ2v) is 6.66. The monoisotopic (exact) mass is 371 g/mol. The molecule has 0 aliphatic carbocycles. The van der Waals surface area contributed by atoms with Crippen LogP contribution in [0.5, 0.6) is 0 Å². The van der Waals surface area contributed by atoms with Crippen molar-refractivity contribution < 1.29 is 10.1 Å². The zero-order chi connectivity index (χ0) is 17.0. The molecular weight excluding hydrogens is 355 g/mol. The minimum absolute atomic E-state index is 0.0603. The number of carbonyl (C=O) groups excluding carboxylic acids is 1. The number of rotatable bonds is 5. The van der Waals surface area contributed by atoms with Crippen LogP contribution in [0, 0.1) is 0 Å². The Morgan fingerprint density at radius 1 is 1.04 bits per heavy atom. The topological polar surface area (TPSA) is 45.7 Å². The Bertz CT molecular complexity index is 706. The molecule has 2 aromatic carbocycles. The van der Waals surface area contributed by atoms with E-state index in [4.69, 9.17) is 34.8 Å². The maximum atomic E-state index is 12.3. The highest BCUT2D eigenvalue weighted by molar-refractivity contribution is 6.36. The first kappa shape index (κ1) is 18.1. The zero-order valence-corrected chi connectivity index (χ0v) is 15.1. The van der Waals surface area contributed by atoms with Gasteiger partial charge in [-0.2, -0.15) is 0 Å². The van der Waals surface area contributed by atoms with Crippen LogP contribution in [0.25, 0.3) is 0 Å². The number of hydrogen-bond donors (Lipinski definition) is 2. The summed E-state index contributed by atoms with van der Waals surface area (Å²) in [5.41, 5.74) is 1.55. The summed E-state index contributed by atoms with van der Waals surface area (Å²) in [6.07, 6.45) is 0. The van der Waals surface area contributed by atoms with Gasteiger partial charge in [0.2, 0.25) is 0 Å². The van der Waals surface area contributed by atoms with Gasteiger partial charge in [0.25, 0.3) is 5.91 Å². The van der Waals surface area contributed by atoms with Crippen molar-refractivity contribution in [1.82, 2.24) is 0 Å². The van der Waals surface area contributed by atoms with E-state index in [1.807, 2.05) is 43.4 Å². The predicted molar refractivity (Wildman–Crippen MR) is 96.3 cm³/mol. The number of halogens is 3. The average Bonchev–Trinajstić information content (AvgIpc) is 2.50. The van der Waals surface area contributed by atoms with Crippen molar-refractivity contribution in [2.45, 2.75) is 25.9 Å². The molecule has 0 saturated heterocycles. The number of quaternary nitrogens is 1. The highest BCUT2D eigenvalue weighted by atomic mass is 35.5. The maximum Gasteiger partial charge on any atom is 0.282 e. The summed E-state index contributed by atoms with van der Waals surface area (Å²) in [6, 6.07) is 12.4. The van der Waals surface area contributed by atoms with E-state index >= 15 is 0 Å². The molecule has 3 N–H and O–H groups in total. The fourth-order valence-electron chi connectivity index (χ4n) is 2.31. The second kappa shape index (κ2) is 8.02. The standard InChI is InChI=1S/C17H17Cl3N2O/c1-10(13-5-3-4-6-14(13)19)21-11(2)17(23)22-16-8-7-12(18)9-15(16)20/h3-11,21H,1-2H3,(H,22,23)/p+1/t10-,11-/m1/s1. The van der Waals surface area contributed by atoms with E-state index in [1.165, 1.54) is 0 Å². The van der Waals surface area contributed by atoms with Crippen LogP contribution in [0.2, 0.25) is 15.1 Å². The smallest absolute Gasteiger partial charge is 0.282 e. The molecule has 0 aliphatic heterocycles. The van der Waals surface area contributed by atoms with E-state index in [2.05, 4.69) is 5.32 Å². The molecule has 0 spiro atoms. The van der Waals surface area contributed by atoms with Crippen molar-refractivity contribution in [2.75, 3.05) is 5.32 Å². The molecule has 2 aromatic rings. The number of anilines is 1. The Labute approximate surface area is 150 Å². The van der Waals surface area contributed by atoms with Crippen LogP contribution in [0.1, 0.15) is 25.5 Å². The molecule has 1 amide bonds. The number of carbonyl (C=O) groups is 1. The molecule has 0 heterocycles. The lowest BCUT2D eigenvalue weighted by Gasteiger charge is -2.18. The van der Waals surface area contributed by atoms with Crippen molar-refractivity contribution in [1.29, 1.82) is 0 Å². The number of nitrogens with two attached hydrogens (primary N) is 1. The molecule has 0 saturated carbocycles. The molecule has 6 heteroatoms. The summed E-state index contributed by atoms with van der Waals surface area (Å²) in [5.74, 6) is -0.131. The first-order chi connectivity index (χ1) is 10.9. The summed E-state index contributed by atoms with van der Waals surface area (Å²) >= 11 is 18.1. The molecule has 122 valence electrons. The van der Waals surface area contributed by atoms with Crippen LogP contribution in [0.4, 0.5) is 5.69 Å². The Morgan fingerprint density at radius 2 is 1.74 bits per heavy atom. The molecular formula is C17H18Cl3N2O+. The number of nitrogens with one attached hydrogen (secondary N) is 1. The normalized spacial score (nSPS) is 13.4. The van der Waals surface area contributed by atoms with E-state index in [9.17, 15) is 4.79 Å². The van der Waals surface area contributed by atoms with Crippen molar-refractivity contribution in [3.63, 3.8) is 0 Å². The Balaban J connectivity index is 2.01. The van der Waals surface area contributed by atoms with Crippen molar-refractivity contribution in [2.24, 2.45) is 0 Å². The molecule has 0 fully saturated rings. The fraction of sp³-hybridized carbons (Fsp3) is 0.235. The van der Waals surface area contributed by atoms with E-state index in [-0.39, 0.29) is 18.0 Å². The molecule has 0 radical (unpaired) electrons. The van der Waals surface area contributed by atoms with Gasteiger partial charge in [-0.25, -0.2) is 0 Å². The molecule has 0 aliphatic rings. The largest absolute Gasteiger partial charge is 0.330 e. The van der Waals surface area contributed by atoms with Crippen LogP contribution >= 0.6 is 34.8 Å². The molecule has 0 bridgehead atoms. The van der Waals surface area contributed by atoms with Crippen molar-refractivity contribution >= 4 is 46.4 Å². The van der Waals surface area contributed by atoms with Crippen LogP contribution in [0.3, 0.4) is 0 Å². The highest BCUT2D eigenvalue weighted by Crippen LogP contribution is 2.25.